The molecular formula is C8H6O3S. The van der Waals surface area contributed by atoms with Crippen LogP contribution in [-0.2, 0) is 9.59 Å². The Morgan fingerprint density at radius 1 is 1.67 bits per heavy atom. The maximum Gasteiger partial charge on any atom is 0.308 e. The molecule has 62 valence electrons. The molecule has 0 spiro atoms. The lowest BCUT2D eigenvalue weighted by molar-refractivity contribution is -0.135. The van der Waals surface area contributed by atoms with Gasteiger partial charge in [0.2, 0.25) is 0 Å². The Kier molecular flexibility index (Phi) is 2.80. The summed E-state index contributed by atoms with van der Waals surface area (Å²) in [6.07, 6.45) is -0.260. The van der Waals surface area contributed by atoms with Gasteiger partial charge in [-0.15, -0.1) is 11.3 Å². The summed E-state index contributed by atoms with van der Waals surface area (Å²) in [7, 11) is 0. The van der Waals surface area contributed by atoms with Crippen LogP contribution in [0, 0.1) is 0 Å². The van der Waals surface area contributed by atoms with Crippen LogP contribution < -0.4 is 0 Å². The lowest BCUT2D eigenvalue weighted by Gasteiger charge is -1.93. The summed E-state index contributed by atoms with van der Waals surface area (Å²) in [5.41, 5.74) is 0.206. The predicted molar refractivity (Wildman–Crippen MR) is 45.7 cm³/mol. The van der Waals surface area contributed by atoms with Crippen LogP contribution >= 0.6 is 11.3 Å². The highest BCUT2D eigenvalue weighted by molar-refractivity contribution is 7.11. The van der Waals surface area contributed by atoms with Crippen molar-refractivity contribution in [1.82, 2.24) is 0 Å². The van der Waals surface area contributed by atoms with Crippen LogP contribution in [0.5, 0.6) is 0 Å². The van der Waals surface area contributed by atoms with E-state index in [1.807, 2.05) is 0 Å². The second-order valence-electron chi connectivity index (χ2n) is 2.13. The molecule has 0 saturated heterocycles. The van der Waals surface area contributed by atoms with Gasteiger partial charge in [0.05, 0.1) is 12.0 Å². The van der Waals surface area contributed by atoms with Crippen molar-refractivity contribution >= 4 is 28.8 Å². The summed E-state index contributed by atoms with van der Waals surface area (Å²) in [6.45, 7) is 0. The molecule has 4 heteroatoms. The molecule has 3 nitrogen and oxygen atoms in total. The van der Waals surface area contributed by atoms with Gasteiger partial charge in [0.15, 0.2) is 0 Å². The number of hydrogen-bond donors (Lipinski definition) is 1. The van der Waals surface area contributed by atoms with E-state index >= 15 is 0 Å². The van der Waals surface area contributed by atoms with Crippen LogP contribution in [0.3, 0.4) is 0 Å². The Balaban J connectivity index is 2.86. The third-order valence-electron chi connectivity index (χ3n) is 1.27. The van der Waals surface area contributed by atoms with Crippen LogP contribution in [-0.4, -0.2) is 17.0 Å². The van der Waals surface area contributed by atoms with Crippen LogP contribution in [0.15, 0.2) is 17.5 Å². The molecule has 1 aromatic heterocycles. The number of carboxylic acids is 1. The summed E-state index contributed by atoms with van der Waals surface area (Å²) in [6, 6.07) is 3.47. The molecule has 1 heterocycles. The standard InChI is InChI=1S/C8H6O3S/c9-5-6(4-8(10)11)7-2-1-3-12-7/h1-3H,4H2,(H,10,11). The van der Waals surface area contributed by atoms with E-state index in [4.69, 9.17) is 5.11 Å². The van der Waals surface area contributed by atoms with Crippen molar-refractivity contribution in [1.29, 1.82) is 0 Å². The van der Waals surface area contributed by atoms with Crippen LogP contribution in [0.4, 0.5) is 0 Å². The van der Waals surface area contributed by atoms with Gasteiger partial charge in [0.1, 0.15) is 5.94 Å². The molecule has 0 unspecified atom stereocenters. The Morgan fingerprint density at radius 2 is 2.42 bits per heavy atom. The average molecular weight is 182 g/mol. The van der Waals surface area contributed by atoms with Crippen molar-refractivity contribution in [3.05, 3.63) is 22.4 Å². The van der Waals surface area contributed by atoms with Crippen molar-refractivity contribution in [3.63, 3.8) is 0 Å². The van der Waals surface area contributed by atoms with Crippen molar-refractivity contribution in [2.75, 3.05) is 0 Å². The Bertz CT molecular complexity index is 320. The lowest BCUT2D eigenvalue weighted by atomic mass is 10.2. The summed E-state index contributed by atoms with van der Waals surface area (Å²) < 4.78 is 0. The van der Waals surface area contributed by atoms with Gasteiger partial charge in [-0.05, 0) is 11.4 Å². The Hall–Kier alpha value is -1.38. The number of carbonyl (C=O) groups is 1. The van der Waals surface area contributed by atoms with Gasteiger partial charge in [0.25, 0.3) is 0 Å². The zero-order valence-corrected chi connectivity index (χ0v) is 6.93. The van der Waals surface area contributed by atoms with E-state index in [1.165, 1.54) is 11.3 Å². The molecular weight excluding hydrogens is 176 g/mol. The molecule has 1 rings (SSSR count). The van der Waals surface area contributed by atoms with Crippen molar-refractivity contribution in [3.8, 4) is 0 Å². The second kappa shape index (κ2) is 3.85. The normalized spacial score (nSPS) is 9.00. The van der Waals surface area contributed by atoms with E-state index in [0.717, 1.165) is 0 Å². The zero-order valence-electron chi connectivity index (χ0n) is 6.11. The van der Waals surface area contributed by atoms with Gasteiger partial charge >= 0.3 is 5.97 Å². The molecule has 12 heavy (non-hydrogen) atoms. The number of aliphatic carboxylic acids is 1. The molecule has 0 fully saturated rings. The summed E-state index contributed by atoms with van der Waals surface area (Å²) in [4.78, 5) is 21.3. The maximum absolute atomic E-state index is 10.3. The number of hydrogen-bond acceptors (Lipinski definition) is 3. The van der Waals surface area contributed by atoms with Gasteiger partial charge in [-0.25, -0.2) is 4.79 Å². The van der Waals surface area contributed by atoms with Crippen molar-refractivity contribution in [2.45, 2.75) is 6.42 Å². The molecule has 0 aliphatic rings. The van der Waals surface area contributed by atoms with Crippen molar-refractivity contribution < 1.29 is 14.7 Å². The number of rotatable bonds is 3. The third kappa shape index (κ3) is 2.05. The van der Waals surface area contributed by atoms with E-state index in [9.17, 15) is 9.59 Å². The van der Waals surface area contributed by atoms with E-state index < -0.39 is 5.97 Å². The van der Waals surface area contributed by atoms with Crippen molar-refractivity contribution in [2.24, 2.45) is 0 Å². The fraction of sp³-hybridized carbons (Fsp3) is 0.125. The quantitative estimate of drug-likeness (QED) is 0.719. The molecule has 0 aliphatic heterocycles. The molecule has 1 N–H and O–H groups in total. The van der Waals surface area contributed by atoms with Crippen LogP contribution in [0.25, 0.3) is 5.57 Å². The highest BCUT2D eigenvalue weighted by atomic mass is 32.1. The monoisotopic (exact) mass is 182 g/mol. The largest absolute Gasteiger partial charge is 0.481 e. The summed E-state index contributed by atoms with van der Waals surface area (Å²) >= 11 is 1.33. The van der Waals surface area contributed by atoms with Crippen LogP contribution in [0.1, 0.15) is 11.3 Å². The number of carbonyl (C=O) groups excluding carboxylic acids is 1. The zero-order chi connectivity index (χ0) is 8.97. The highest BCUT2D eigenvalue weighted by Gasteiger charge is 2.08. The fourth-order valence-corrected chi connectivity index (χ4v) is 1.49. The molecule has 0 aromatic carbocycles. The summed E-state index contributed by atoms with van der Waals surface area (Å²) in [5, 5.41) is 10.2. The topological polar surface area (TPSA) is 54.4 Å². The molecule has 0 bridgehead atoms. The third-order valence-corrected chi connectivity index (χ3v) is 2.20. The van der Waals surface area contributed by atoms with E-state index in [1.54, 1.807) is 23.5 Å². The molecule has 0 atom stereocenters. The molecule has 0 aliphatic carbocycles. The first kappa shape index (κ1) is 8.71. The fourth-order valence-electron chi connectivity index (χ4n) is 0.775. The smallest absolute Gasteiger partial charge is 0.308 e. The van der Waals surface area contributed by atoms with Crippen LogP contribution in [0.2, 0.25) is 0 Å². The molecule has 0 saturated carbocycles. The van der Waals surface area contributed by atoms with Gasteiger partial charge in [-0.3, -0.25) is 4.79 Å². The van der Waals surface area contributed by atoms with Gasteiger partial charge in [-0.1, -0.05) is 6.07 Å². The number of carboxylic acid groups (broad SMARTS) is 1. The van der Waals surface area contributed by atoms with Gasteiger partial charge < -0.3 is 5.11 Å². The number of thiophene rings is 1. The Labute approximate surface area is 73.0 Å². The first-order valence-electron chi connectivity index (χ1n) is 3.23. The summed E-state index contributed by atoms with van der Waals surface area (Å²) in [5.74, 6) is 0.620. The highest BCUT2D eigenvalue weighted by Crippen LogP contribution is 2.20. The van der Waals surface area contributed by atoms with E-state index in [0.29, 0.717) is 4.88 Å². The minimum atomic E-state index is -1.01. The average Bonchev–Trinajstić information content (AvgIpc) is 2.51. The molecule has 0 amide bonds. The molecule has 1 aromatic rings. The SMILES string of the molecule is O=C=C(CC(=O)O)c1cccs1. The first-order valence-corrected chi connectivity index (χ1v) is 4.11. The second-order valence-corrected chi connectivity index (χ2v) is 3.08. The predicted octanol–water partition coefficient (Wildman–Crippen LogP) is 1.44. The molecule has 0 radical (unpaired) electrons. The Morgan fingerprint density at radius 3 is 2.83 bits per heavy atom. The van der Waals surface area contributed by atoms with E-state index in [-0.39, 0.29) is 12.0 Å². The van der Waals surface area contributed by atoms with Gasteiger partial charge in [-0.2, -0.15) is 0 Å². The minimum Gasteiger partial charge on any atom is -0.481 e. The van der Waals surface area contributed by atoms with E-state index in [2.05, 4.69) is 0 Å². The van der Waals surface area contributed by atoms with Gasteiger partial charge in [0, 0.05) is 4.88 Å². The minimum absolute atomic E-state index is 0.206. The lowest BCUT2D eigenvalue weighted by Crippen LogP contribution is -1.95. The maximum atomic E-state index is 10.3. The first-order chi connectivity index (χ1) is 5.74.